The van der Waals surface area contributed by atoms with Crippen molar-refractivity contribution in [3.63, 3.8) is 0 Å². The Hall–Kier alpha value is -3.28. The van der Waals surface area contributed by atoms with Crippen LogP contribution < -0.4 is 19.5 Å². The van der Waals surface area contributed by atoms with Crippen molar-refractivity contribution in [2.75, 3.05) is 26.9 Å². The number of aryl methyl sites for hydroxylation is 1. The van der Waals surface area contributed by atoms with Crippen LogP contribution in [-0.2, 0) is 6.42 Å². The number of carbonyl (C=O) groups is 1. The molecule has 3 aromatic rings. The zero-order chi connectivity index (χ0) is 21.5. The van der Waals surface area contributed by atoms with E-state index < -0.39 is 0 Å². The van der Waals surface area contributed by atoms with Gasteiger partial charge in [-0.15, -0.1) is 0 Å². The van der Waals surface area contributed by atoms with Crippen LogP contribution in [0, 0.1) is 6.92 Å². The first kappa shape index (κ1) is 21.4. The summed E-state index contributed by atoms with van der Waals surface area (Å²) < 4.78 is 16.5. The molecule has 6 heteroatoms. The van der Waals surface area contributed by atoms with Gasteiger partial charge in [-0.3, -0.25) is 9.78 Å². The first-order valence-electron chi connectivity index (χ1n) is 10.2. The van der Waals surface area contributed by atoms with Crippen molar-refractivity contribution in [2.24, 2.45) is 0 Å². The van der Waals surface area contributed by atoms with Crippen molar-refractivity contribution in [3.05, 3.63) is 59.3 Å². The summed E-state index contributed by atoms with van der Waals surface area (Å²) in [4.78, 5) is 17.3. The lowest BCUT2D eigenvalue weighted by atomic mass is 10.1. The highest BCUT2D eigenvalue weighted by atomic mass is 16.5. The second-order valence-electron chi connectivity index (χ2n) is 6.83. The maximum Gasteiger partial charge on any atom is 0.253 e. The first-order chi connectivity index (χ1) is 14.5. The van der Waals surface area contributed by atoms with E-state index in [1.54, 1.807) is 7.11 Å². The lowest BCUT2D eigenvalue weighted by Gasteiger charge is -2.13. The van der Waals surface area contributed by atoms with Gasteiger partial charge in [0, 0.05) is 18.0 Å². The van der Waals surface area contributed by atoms with Crippen LogP contribution in [0.5, 0.6) is 17.2 Å². The summed E-state index contributed by atoms with van der Waals surface area (Å²) in [5.74, 6) is 2.08. The summed E-state index contributed by atoms with van der Waals surface area (Å²) in [6.45, 7) is 7.40. The Kier molecular flexibility index (Phi) is 7.12. The first-order valence-corrected chi connectivity index (χ1v) is 10.2. The molecule has 158 valence electrons. The molecule has 1 heterocycles. The number of rotatable bonds is 9. The third-order valence-corrected chi connectivity index (χ3v) is 4.77. The number of methoxy groups -OCH3 is 1. The van der Waals surface area contributed by atoms with E-state index in [2.05, 4.69) is 10.3 Å². The Morgan fingerprint density at radius 3 is 2.50 bits per heavy atom. The maximum atomic E-state index is 12.7. The van der Waals surface area contributed by atoms with E-state index in [1.807, 2.05) is 63.2 Å². The molecule has 0 fully saturated rings. The summed E-state index contributed by atoms with van der Waals surface area (Å²) in [5, 5.41) is 3.89. The van der Waals surface area contributed by atoms with Crippen LogP contribution in [0.25, 0.3) is 10.9 Å². The van der Waals surface area contributed by atoms with Crippen LogP contribution >= 0.6 is 0 Å². The van der Waals surface area contributed by atoms with Gasteiger partial charge in [0.1, 0.15) is 5.75 Å². The van der Waals surface area contributed by atoms with Gasteiger partial charge in [-0.25, -0.2) is 0 Å². The molecule has 0 bridgehead atoms. The predicted molar refractivity (Wildman–Crippen MR) is 118 cm³/mol. The summed E-state index contributed by atoms with van der Waals surface area (Å²) in [6, 6.07) is 13.4. The minimum absolute atomic E-state index is 0.131. The van der Waals surface area contributed by atoms with Gasteiger partial charge in [0.25, 0.3) is 5.91 Å². The van der Waals surface area contributed by atoms with Crippen LogP contribution in [0.3, 0.4) is 0 Å². The molecule has 3 rings (SSSR count). The number of hydrogen-bond donors (Lipinski definition) is 1. The Bertz CT molecular complexity index is 1030. The molecular formula is C24H28N2O4. The van der Waals surface area contributed by atoms with Crippen LogP contribution in [0.2, 0.25) is 0 Å². The molecular weight excluding hydrogens is 380 g/mol. The van der Waals surface area contributed by atoms with E-state index in [9.17, 15) is 4.79 Å². The topological polar surface area (TPSA) is 69.7 Å². The van der Waals surface area contributed by atoms with Crippen LogP contribution in [-0.4, -0.2) is 37.8 Å². The zero-order valence-corrected chi connectivity index (χ0v) is 18.0. The average molecular weight is 408 g/mol. The predicted octanol–water partition coefficient (Wildman–Crippen LogP) is 4.32. The number of pyridine rings is 1. The number of nitrogens with one attached hydrogen (secondary N) is 1. The Morgan fingerprint density at radius 2 is 1.77 bits per heavy atom. The summed E-state index contributed by atoms with van der Waals surface area (Å²) in [5.41, 5.74) is 3.14. The van der Waals surface area contributed by atoms with E-state index in [0.29, 0.717) is 37.4 Å². The Morgan fingerprint density at radius 1 is 1.00 bits per heavy atom. The fourth-order valence-corrected chi connectivity index (χ4v) is 3.27. The molecule has 0 saturated carbocycles. The monoisotopic (exact) mass is 408 g/mol. The van der Waals surface area contributed by atoms with Crippen molar-refractivity contribution in [2.45, 2.75) is 27.2 Å². The average Bonchev–Trinajstić information content (AvgIpc) is 2.74. The number of hydrogen-bond acceptors (Lipinski definition) is 5. The highest BCUT2D eigenvalue weighted by Crippen LogP contribution is 2.28. The lowest BCUT2D eigenvalue weighted by Crippen LogP contribution is -2.26. The number of amides is 1. The number of aromatic nitrogens is 1. The zero-order valence-electron chi connectivity index (χ0n) is 18.0. The van der Waals surface area contributed by atoms with Gasteiger partial charge in [-0.05, 0) is 63.1 Å². The fraction of sp³-hybridized carbons (Fsp3) is 0.333. The molecule has 30 heavy (non-hydrogen) atoms. The second kappa shape index (κ2) is 9.96. The Labute approximate surface area is 177 Å². The molecule has 1 aromatic heterocycles. The molecule has 1 N–H and O–H groups in total. The van der Waals surface area contributed by atoms with Gasteiger partial charge in [0.15, 0.2) is 11.5 Å². The highest BCUT2D eigenvalue weighted by Gasteiger charge is 2.12. The van der Waals surface area contributed by atoms with Gasteiger partial charge in [-0.2, -0.15) is 0 Å². The molecule has 0 unspecified atom stereocenters. The third kappa shape index (κ3) is 5.00. The quantitative estimate of drug-likeness (QED) is 0.571. The van der Waals surface area contributed by atoms with E-state index >= 15 is 0 Å². The second-order valence-corrected chi connectivity index (χ2v) is 6.83. The molecule has 0 saturated heterocycles. The number of nitrogens with zero attached hydrogens (tertiary/aromatic N) is 1. The number of fused-ring (bicyclic) bond motifs is 1. The van der Waals surface area contributed by atoms with Gasteiger partial charge in [-0.1, -0.05) is 6.07 Å². The van der Waals surface area contributed by atoms with Crippen molar-refractivity contribution < 1.29 is 19.0 Å². The van der Waals surface area contributed by atoms with Crippen LogP contribution in [0.1, 0.15) is 35.5 Å². The molecule has 2 aromatic carbocycles. The van der Waals surface area contributed by atoms with Gasteiger partial charge < -0.3 is 19.5 Å². The summed E-state index contributed by atoms with van der Waals surface area (Å²) in [6.07, 6.45) is 0.690. The molecule has 0 spiro atoms. The highest BCUT2D eigenvalue weighted by molar-refractivity contribution is 5.98. The summed E-state index contributed by atoms with van der Waals surface area (Å²) in [7, 11) is 1.62. The van der Waals surface area contributed by atoms with Crippen molar-refractivity contribution in [3.8, 4) is 17.2 Å². The molecule has 0 atom stereocenters. The Balaban J connectivity index is 1.67. The number of benzene rings is 2. The van der Waals surface area contributed by atoms with Crippen molar-refractivity contribution in [1.29, 1.82) is 0 Å². The van der Waals surface area contributed by atoms with E-state index in [-0.39, 0.29) is 5.91 Å². The fourth-order valence-electron chi connectivity index (χ4n) is 3.27. The molecule has 1 amide bonds. The normalized spacial score (nSPS) is 10.7. The van der Waals surface area contributed by atoms with E-state index in [1.165, 1.54) is 0 Å². The SMILES string of the molecule is CCOc1ccc(CCNC(=O)c2cc3ccc(OC)cc3nc2C)cc1OCC. The molecule has 0 radical (unpaired) electrons. The van der Waals surface area contributed by atoms with Crippen LogP contribution in [0.4, 0.5) is 0 Å². The third-order valence-electron chi connectivity index (χ3n) is 4.77. The van der Waals surface area contributed by atoms with Crippen molar-refractivity contribution in [1.82, 2.24) is 10.3 Å². The standard InChI is InChI=1S/C24H28N2O4/c1-5-29-22-10-7-17(13-23(22)30-6-2)11-12-25-24(27)20-14-18-8-9-19(28-4)15-21(18)26-16(20)3/h7-10,13-15H,5-6,11-12H2,1-4H3,(H,25,27). The van der Waals surface area contributed by atoms with Crippen molar-refractivity contribution >= 4 is 16.8 Å². The van der Waals surface area contributed by atoms with E-state index in [0.717, 1.165) is 33.7 Å². The van der Waals surface area contributed by atoms with E-state index in [4.69, 9.17) is 14.2 Å². The largest absolute Gasteiger partial charge is 0.497 e. The summed E-state index contributed by atoms with van der Waals surface area (Å²) >= 11 is 0. The number of carbonyl (C=O) groups excluding carboxylic acids is 1. The smallest absolute Gasteiger partial charge is 0.253 e. The van der Waals surface area contributed by atoms with Crippen LogP contribution in [0.15, 0.2) is 42.5 Å². The van der Waals surface area contributed by atoms with Gasteiger partial charge in [0.2, 0.25) is 0 Å². The van der Waals surface area contributed by atoms with Gasteiger partial charge >= 0.3 is 0 Å². The molecule has 0 aliphatic rings. The van der Waals surface area contributed by atoms with Gasteiger partial charge in [0.05, 0.1) is 37.1 Å². The lowest BCUT2D eigenvalue weighted by molar-refractivity contribution is 0.0953. The minimum Gasteiger partial charge on any atom is -0.497 e. The minimum atomic E-state index is -0.131. The molecule has 6 nitrogen and oxygen atoms in total. The molecule has 0 aliphatic carbocycles. The number of ether oxygens (including phenoxy) is 3. The molecule has 0 aliphatic heterocycles. The maximum absolute atomic E-state index is 12.7.